The molecule has 5 atom stereocenters. The van der Waals surface area contributed by atoms with Crippen molar-refractivity contribution in [3.8, 4) is 0 Å². The normalized spacial score (nSPS) is 33.3. The van der Waals surface area contributed by atoms with Crippen molar-refractivity contribution in [2.45, 2.75) is 51.3 Å². The quantitative estimate of drug-likeness (QED) is 0.880. The van der Waals surface area contributed by atoms with Crippen molar-refractivity contribution in [2.75, 3.05) is 0 Å². The number of nitrogens with two attached hydrogens (primary N) is 1. The molecule has 3 N–H and O–H groups in total. The van der Waals surface area contributed by atoms with E-state index in [9.17, 15) is 5.11 Å². The van der Waals surface area contributed by atoms with Gasteiger partial charge in [0.2, 0.25) is 0 Å². The van der Waals surface area contributed by atoms with E-state index in [1.165, 1.54) is 11.1 Å². The van der Waals surface area contributed by atoms with Gasteiger partial charge in [0.05, 0.1) is 5.60 Å². The smallest absolute Gasteiger partial charge is 0.117 e. The number of hydrogen-bond acceptors (Lipinski definition) is 1. The van der Waals surface area contributed by atoms with Crippen LogP contribution in [0.2, 0.25) is 0 Å². The van der Waals surface area contributed by atoms with Gasteiger partial charge in [0.25, 0.3) is 0 Å². The second-order valence-corrected chi connectivity index (χ2v) is 7.38. The van der Waals surface area contributed by atoms with E-state index in [2.05, 4.69) is 86.8 Å². The van der Waals surface area contributed by atoms with Crippen molar-refractivity contribution in [1.29, 1.82) is 0 Å². The lowest BCUT2D eigenvalue weighted by Crippen LogP contribution is -2.93. The molecule has 2 heteroatoms. The minimum Gasteiger partial charge on any atom is -0.389 e. The number of quaternary nitrogens is 1. The van der Waals surface area contributed by atoms with Crippen LogP contribution in [-0.2, 0) is 0 Å². The van der Waals surface area contributed by atoms with Crippen LogP contribution in [0, 0.1) is 11.8 Å². The van der Waals surface area contributed by atoms with Crippen molar-refractivity contribution < 1.29 is 10.4 Å². The standard InChI is InChI=1S/C22H29NO/c1-4-15-22(24)16(2)20(18-11-7-5-8-12-18)23-21(17(22)3)19-13-9-6-10-14-19/h5-14,16-17,20-21,23-24H,4,15H2,1-3H3/p+1/t16-,17-,20-,21+,22?/m0/s1. The summed E-state index contributed by atoms with van der Waals surface area (Å²) in [6.07, 6.45) is 1.87. The lowest BCUT2D eigenvalue weighted by molar-refractivity contribution is -0.764. The van der Waals surface area contributed by atoms with E-state index in [1.54, 1.807) is 0 Å². The fraction of sp³-hybridized carbons (Fsp3) is 0.455. The van der Waals surface area contributed by atoms with Crippen LogP contribution < -0.4 is 5.32 Å². The van der Waals surface area contributed by atoms with Crippen LogP contribution in [-0.4, -0.2) is 10.7 Å². The van der Waals surface area contributed by atoms with Crippen molar-refractivity contribution in [2.24, 2.45) is 11.8 Å². The van der Waals surface area contributed by atoms with Crippen LogP contribution in [0.1, 0.15) is 56.8 Å². The van der Waals surface area contributed by atoms with Crippen molar-refractivity contribution in [1.82, 2.24) is 0 Å². The molecule has 0 aromatic heterocycles. The summed E-state index contributed by atoms with van der Waals surface area (Å²) >= 11 is 0. The molecule has 3 rings (SSSR count). The third-order valence-electron chi connectivity index (χ3n) is 6.09. The van der Waals surface area contributed by atoms with Gasteiger partial charge in [-0.05, 0) is 6.42 Å². The summed E-state index contributed by atoms with van der Waals surface area (Å²) in [5.41, 5.74) is 1.99. The highest BCUT2D eigenvalue weighted by molar-refractivity contribution is 5.23. The van der Waals surface area contributed by atoms with E-state index < -0.39 is 5.60 Å². The summed E-state index contributed by atoms with van der Waals surface area (Å²) in [5.74, 6) is 0.435. The highest BCUT2D eigenvalue weighted by Crippen LogP contribution is 2.44. The van der Waals surface area contributed by atoms with Crippen LogP contribution in [0.15, 0.2) is 60.7 Å². The first-order valence-electron chi connectivity index (χ1n) is 9.25. The number of aliphatic hydroxyl groups is 1. The Bertz CT molecular complexity index is 588. The number of benzene rings is 2. The molecule has 2 nitrogen and oxygen atoms in total. The van der Waals surface area contributed by atoms with E-state index in [4.69, 9.17) is 0 Å². The molecule has 1 fully saturated rings. The molecular formula is C22H30NO+. The summed E-state index contributed by atoms with van der Waals surface area (Å²) in [6.45, 7) is 6.62. The molecule has 1 heterocycles. The molecule has 0 spiro atoms. The molecule has 2 aromatic carbocycles. The highest BCUT2D eigenvalue weighted by Gasteiger charge is 2.53. The minimum absolute atomic E-state index is 0.217. The van der Waals surface area contributed by atoms with Crippen LogP contribution in [0.4, 0.5) is 0 Å². The maximum atomic E-state index is 11.7. The first kappa shape index (κ1) is 17.2. The zero-order valence-corrected chi connectivity index (χ0v) is 15.0. The van der Waals surface area contributed by atoms with Gasteiger partial charge in [-0.15, -0.1) is 0 Å². The minimum atomic E-state index is -0.634. The lowest BCUT2D eigenvalue weighted by Gasteiger charge is -2.49. The molecule has 2 aromatic rings. The molecule has 128 valence electrons. The first-order valence-corrected chi connectivity index (χ1v) is 9.25. The Morgan fingerprint density at radius 2 is 1.25 bits per heavy atom. The van der Waals surface area contributed by atoms with Crippen LogP contribution >= 0.6 is 0 Å². The largest absolute Gasteiger partial charge is 0.389 e. The summed E-state index contributed by atoms with van der Waals surface area (Å²) in [4.78, 5) is 0. The summed E-state index contributed by atoms with van der Waals surface area (Å²) in [5, 5.41) is 14.1. The van der Waals surface area contributed by atoms with E-state index >= 15 is 0 Å². The second-order valence-electron chi connectivity index (χ2n) is 7.38. The zero-order chi connectivity index (χ0) is 17.2. The Labute approximate surface area is 145 Å². The van der Waals surface area contributed by atoms with Gasteiger partial charge in [-0.2, -0.15) is 0 Å². The topological polar surface area (TPSA) is 36.8 Å². The Morgan fingerprint density at radius 3 is 1.62 bits per heavy atom. The SMILES string of the molecule is CCCC1(O)[C@@H](C)[C@@H](c2ccccc2)[NH2+][C@@H](c2ccccc2)[C@@H]1C. The molecule has 1 saturated heterocycles. The second kappa shape index (κ2) is 7.08. The first-order chi connectivity index (χ1) is 11.6. The van der Waals surface area contributed by atoms with Crippen molar-refractivity contribution >= 4 is 0 Å². The van der Waals surface area contributed by atoms with Crippen LogP contribution in [0.25, 0.3) is 0 Å². The van der Waals surface area contributed by atoms with Gasteiger partial charge in [-0.3, -0.25) is 0 Å². The molecule has 0 aliphatic carbocycles. The van der Waals surface area contributed by atoms with Gasteiger partial charge in [0, 0.05) is 23.0 Å². The van der Waals surface area contributed by atoms with Gasteiger partial charge in [0.1, 0.15) is 12.1 Å². The molecule has 0 bridgehead atoms. The van der Waals surface area contributed by atoms with E-state index in [-0.39, 0.29) is 23.9 Å². The van der Waals surface area contributed by atoms with Crippen LogP contribution in [0.5, 0.6) is 0 Å². The molecule has 1 aliphatic rings. The Balaban J connectivity index is 2.02. The summed E-state index contributed by atoms with van der Waals surface area (Å²) < 4.78 is 0. The lowest BCUT2D eigenvalue weighted by atomic mass is 9.64. The summed E-state index contributed by atoms with van der Waals surface area (Å²) in [6, 6.07) is 21.9. The van der Waals surface area contributed by atoms with E-state index in [0.717, 1.165) is 12.8 Å². The average Bonchev–Trinajstić information content (AvgIpc) is 2.62. The number of piperidine rings is 1. The highest BCUT2D eigenvalue weighted by atomic mass is 16.3. The van der Waals surface area contributed by atoms with Gasteiger partial charge < -0.3 is 10.4 Å². The van der Waals surface area contributed by atoms with E-state index in [0.29, 0.717) is 0 Å². The van der Waals surface area contributed by atoms with Crippen molar-refractivity contribution in [3.05, 3.63) is 71.8 Å². The third kappa shape index (κ3) is 3.01. The van der Waals surface area contributed by atoms with Crippen molar-refractivity contribution in [3.63, 3.8) is 0 Å². The molecule has 1 aliphatic heterocycles. The maximum Gasteiger partial charge on any atom is 0.117 e. The van der Waals surface area contributed by atoms with Gasteiger partial charge in [-0.1, -0.05) is 87.9 Å². The summed E-state index contributed by atoms with van der Waals surface area (Å²) in [7, 11) is 0. The fourth-order valence-electron chi connectivity index (χ4n) is 4.60. The Kier molecular flexibility index (Phi) is 5.07. The van der Waals surface area contributed by atoms with E-state index in [1.807, 2.05) is 0 Å². The molecular weight excluding hydrogens is 294 g/mol. The van der Waals surface area contributed by atoms with Gasteiger partial charge >= 0.3 is 0 Å². The molecule has 0 saturated carbocycles. The fourth-order valence-corrected chi connectivity index (χ4v) is 4.60. The van der Waals surface area contributed by atoms with Gasteiger partial charge in [-0.25, -0.2) is 0 Å². The molecule has 0 radical (unpaired) electrons. The number of hydrogen-bond donors (Lipinski definition) is 2. The Hall–Kier alpha value is -1.64. The van der Waals surface area contributed by atoms with Crippen LogP contribution in [0.3, 0.4) is 0 Å². The maximum absolute atomic E-state index is 11.7. The van der Waals surface area contributed by atoms with Gasteiger partial charge in [0.15, 0.2) is 0 Å². The predicted octanol–water partition coefficient (Wildman–Crippen LogP) is 3.85. The molecule has 24 heavy (non-hydrogen) atoms. The molecule has 0 amide bonds. The Morgan fingerprint density at radius 1 is 0.833 bits per heavy atom. The monoisotopic (exact) mass is 324 g/mol. The number of rotatable bonds is 4. The average molecular weight is 324 g/mol. The molecule has 1 unspecified atom stereocenters. The predicted molar refractivity (Wildman–Crippen MR) is 98.5 cm³/mol. The third-order valence-corrected chi connectivity index (χ3v) is 6.09. The zero-order valence-electron chi connectivity index (χ0n) is 15.0.